The molecule has 5 heteroatoms. The second-order valence-corrected chi connectivity index (χ2v) is 3.96. The molecule has 1 heterocycles. The molecule has 2 aromatic rings. The van der Waals surface area contributed by atoms with E-state index in [0.29, 0.717) is 5.02 Å². The highest BCUT2D eigenvalue weighted by Gasteiger charge is 2.17. The van der Waals surface area contributed by atoms with Crippen LogP contribution in [0.4, 0.5) is 4.39 Å². The first-order valence-electron chi connectivity index (χ1n) is 5.04. The van der Waals surface area contributed by atoms with E-state index < -0.39 is 11.9 Å². The molecule has 0 saturated heterocycles. The van der Waals surface area contributed by atoms with Gasteiger partial charge in [0.05, 0.1) is 11.7 Å². The van der Waals surface area contributed by atoms with Crippen molar-refractivity contribution in [3.05, 3.63) is 64.7 Å². The van der Waals surface area contributed by atoms with Crippen LogP contribution in [-0.4, -0.2) is 4.98 Å². The van der Waals surface area contributed by atoms with Crippen LogP contribution in [-0.2, 0) is 0 Å². The Morgan fingerprint density at radius 3 is 2.53 bits per heavy atom. The molecular weight excluding hydrogens is 241 g/mol. The van der Waals surface area contributed by atoms with Crippen molar-refractivity contribution < 1.29 is 4.39 Å². The van der Waals surface area contributed by atoms with Gasteiger partial charge in [-0.25, -0.2) is 9.82 Å². The van der Waals surface area contributed by atoms with E-state index in [9.17, 15) is 4.39 Å². The van der Waals surface area contributed by atoms with Crippen LogP contribution in [0.25, 0.3) is 0 Å². The van der Waals surface area contributed by atoms with Crippen molar-refractivity contribution >= 4 is 11.6 Å². The standard InChI is InChI=1S/C12H11ClFN3/c13-9-5-3-8(4-6-9)11(17-15)12-10(14)2-1-7-16-12/h1-7,11,17H,15H2. The molecule has 0 aliphatic heterocycles. The summed E-state index contributed by atoms with van der Waals surface area (Å²) in [6.07, 6.45) is 1.53. The molecule has 0 aliphatic carbocycles. The van der Waals surface area contributed by atoms with Crippen LogP contribution in [0.1, 0.15) is 17.3 Å². The van der Waals surface area contributed by atoms with E-state index in [4.69, 9.17) is 17.4 Å². The topological polar surface area (TPSA) is 50.9 Å². The molecule has 88 valence electrons. The Hall–Kier alpha value is -1.49. The van der Waals surface area contributed by atoms with Gasteiger partial charge >= 0.3 is 0 Å². The highest BCUT2D eigenvalue weighted by Crippen LogP contribution is 2.22. The molecule has 1 aromatic heterocycles. The molecule has 17 heavy (non-hydrogen) atoms. The fraction of sp³-hybridized carbons (Fsp3) is 0.0833. The molecule has 2 rings (SSSR count). The molecule has 1 atom stereocenters. The zero-order valence-electron chi connectivity index (χ0n) is 8.90. The fourth-order valence-electron chi connectivity index (χ4n) is 1.60. The van der Waals surface area contributed by atoms with Crippen molar-refractivity contribution in [3.63, 3.8) is 0 Å². The molecule has 0 amide bonds. The Kier molecular flexibility index (Phi) is 3.68. The quantitative estimate of drug-likeness (QED) is 0.651. The number of nitrogens with zero attached hydrogens (tertiary/aromatic N) is 1. The smallest absolute Gasteiger partial charge is 0.146 e. The highest BCUT2D eigenvalue weighted by molar-refractivity contribution is 6.30. The summed E-state index contributed by atoms with van der Waals surface area (Å²) in [7, 11) is 0. The summed E-state index contributed by atoms with van der Waals surface area (Å²) in [5.41, 5.74) is 3.61. The Morgan fingerprint density at radius 2 is 1.94 bits per heavy atom. The number of nitrogens with one attached hydrogen (secondary N) is 1. The minimum absolute atomic E-state index is 0.261. The third-order valence-electron chi connectivity index (χ3n) is 2.43. The Bertz CT molecular complexity index is 501. The van der Waals surface area contributed by atoms with Gasteiger partial charge in [-0.2, -0.15) is 0 Å². The van der Waals surface area contributed by atoms with Crippen molar-refractivity contribution in [3.8, 4) is 0 Å². The van der Waals surface area contributed by atoms with Crippen molar-refractivity contribution in [1.29, 1.82) is 0 Å². The van der Waals surface area contributed by atoms with Crippen LogP contribution >= 0.6 is 11.6 Å². The molecule has 1 unspecified atom stereocenters. The van der Waals surface area contributed by atoms with E-state index in [1.807, 2.05) is 0 Å². The van der Waals surface area contributed by atoms with E-state index in [2.05, 4.69) is 10.4 Å². The largest absolute Gasteiger partial charge is 0.271 e. The molecule has 0 bridgehead atoms. The van der Waals surface area contributed by atoms with Crippen molar-refractivity contribution in [2.75, 3.05) is 0 Å². The lowest BCUT2D eigenvalue weighted by Gasteiger charge is -2.16. The molecular formula is C12H11ClFN3. The summed E-state index contributed by atoms with van der Waals surface area (Å²) in [6, 6.07) is 9.40. The average molecular weight is 252 g/mol. The maximum atomic E-state index is 13.6. The number of aromatic nitrogens is 1. The van der Waals surface area contributed by atoms with Gasteiger partial charge in [-0.1, -0.05) is 23.7 Å². The Morgan fingerprint density at radius 1 is 1.24 bits per heavy atom. The van der Waals surface area contributed by atoms with Gasteiger partial charge in [-0.05, 0) is 29.8 Å². The van der Waals surface area contributed by atoms with Crippen LogP contribution in [0.15, 0.2) is 42.6 Å². The van der Waals surface area contributed by atoms with Crippen LogP contribution < -0.4 is 11.3 Å². The number of halogens is 2. The zero-order chi connectivity index (χ0) is 12.3. The van der Waals surface area contributed by atoms with Gasteiger partial charge in [0.1, 0.15) is 5.82 Å². The SMILES string of the molecule is NNC(c1ccc(Cl)cc1)c1ncccc1F. The van der Waals surface area contributed by atoms with Crippen molar-refractivity contribution in [2.45, 2.75) is 6.04 Å². The van der Waals surface area contributed by atoms with Gasteiger partial charge in [-0.3, -0.25) is 10.8 Å². The molecule has 0 aliphatic rings. The van der Waals surface area contributed by atoms with Crippen molar-refractivity contribution in [1.82, 2.24) is 10.4 Å². The average Bonchev–Trinajstić information content (AvgIpc) is 2.35. The second kappa shape index (κ2) is 5.23. The third kappa shape index (κ3) is 2.61. The summed E-state index contributed by atoms with van der Waals surface area (Å²) >= 11 is 5.80. The molecule has 3 N–H and O–H groups in total. The highest BCUT2D eigenvalue weighted by atomic mass is 35.5. The molecule has 0 spiro atoms. The van der Waals surface area contributed by atoms with Gasteiger partial charge in [0.25, 0.3) is 0 Å². The molecule has 1 aromatic carbocycles. The molecule has 3 nitrogen and oxygen atoms in total. The van der Waals surface area contributed by atoms with Crippen molar-refractivity contribution in [2.24, 2.45) is 5.84 Å². The van der Waals surface area contributed by atoms with E-state index in [1.165, 1.54) is 18.3 Å². The maximum Gasteiger partial charge on any atom is 0.146 e. The van der Waals surface area contributed by atoms with Crippen LogP contribution in [0.5, 0.6) is 0 Å². The van der Waals surface area contributed by atoms with Gasteiger partial charge < -0.3 is 0 Å². The van der Waals surface area contributed by atoms with E-state index >= 15 is 0 Å². The number of hydrazine groups is 1. The number of hydrogen-bond acceptors (Lipinski definition) is 3. The third-order valence-corrected chi connectivity index (χ3v) is 2.68. The number of benzene rings is 1. The predicted molar refractivity (Wildman–Crippen MR) is 64.8 cm³/mol. The normalized spacial score (nSPS) is 12.4. The minimum Gasteiger partial charge on any atom is -0.271 e. The lowest BCUT2D eigenvalue weighted by molar-refractivity contribution is 0.543. The fourth-order valence-corrected chi connectivity index (χ4v) is 1.72. The number of hydrogen-bond donors (Lipinski definition) is 2. The summed E-state index contributed by atoms with van der Waals surface area (Å²) < 4.78 is 13.6. The van der Waals surface area contributed by atoms with E-state index in [-0.39, 0.29) is 5.69 Å². The first-order valence-corrected chi connectivity index (χ1v) is 5.42. The van der Waals surface area contributed by atoms with E-state index in [1.54, 1.807) is 24.3 Å². The number of rotatable bonds is 3. The lowest BCUT2D eigenvalue weighted by Crippen LogP contribution is -2.30. The zero-order valence-corrected chi connectivity index (χ0v) is 9.66. The number of nitrogens with two attached hydrogens (primary N) is 1. The monoisotopic (exact) mass is 251 g/mol. The minimum atomic E-state index is -0.492. The summed E-state index contributed by atoms with van der Waals surface area (Å²) in [4.78, 5) is 4.00. The molecule has 0 radical (unpaired) electrons. The Labute approximate surface area is 103 Å². The van der Waals surface area contributed by atoms with Gasteiger partial charge in [0.15, 0.2) is 0 Å². The van der Waals surface area contributed by atoms with Gasteiger partial charge in [0.2, 0.25) is 0 Å². The summed E-state index contributed by atoms with van der Waals surface area (Å²) in [5.74, 6) is 5.06. The predicted octanol–water partition coefficient (Wildman–Crippen LogP) is 2.43. The van der Waals surface area contributed by atoms with E-state index in [0.717, 1.165) is 5.56 Å². The summed E-state index contributed by atoms with van der Waals surface area (Å²) in [6.45, 7) is 0. The lowest BCUT2D eigenvalue weighted by atomic mass is 10.0. The Balaban J connectivity index is 2.40. The van der Waals surface area contributed by atoms with Crippen LogP contribution in [0.3, 0.4) is 0 Å². The first-order chi connectivity index (χ1) is 8.22. The number of pyridine rings is 1. The summed E-state index contributed by atoms with van der Waals surface area (Å²) in [5, 5.41) is 0.617. The maximum absolute atomic E-state index is 13.6. The molecule has 0 fully saturated rings. The van der Waals surface area contributed by atoms with Gasteiger partial charge in [-0.15, -0.1) is 0 Å². The molecule has 0 saturated carbocycles. The van der Waals surface area contributed by atoms with Gasteiger partial charge in [0, 0.05) is 11.2 Å². The van der Waals surface area contributed by atoms with Crippen LogP contribution in [0, 0.1) is 5.82 Å². The first kappa shape index (κ1) is 12.0. The van der Waals surface area contributed by atoms with Crippen LogP contribution in [0.2, 0.25) is 5.02 Å². The second-order valence-electron chi connectivity index (χ2n) is 3.52.